The van der Waals surface area contributed by atoms with E-state index in [1.807, 2.05) is 0 Å². The van der Waals surface area contributed by atoms with E-state index in [1.165, 1.54) is 0 Å². The molecule has 72 valence electrons. The van der Waals surface area contributed by atoms with Crippen molar-refractivity contribution in [1.29, 1.82) is 0 Å². The molecule has 1 aromatic rings. The standard InChI is InChI=1S/C8H11N3O.ClH/c1-2-3-6-10-7(12-11-6)8(9)4-5-8;/h2H,1,3-5,9H2;1H. The molecule has 0 atom stereocenters. The molecule has 1 aliphatic carbocycles. The summed E-state index contributed by atoms with van der Waals surface area (Å²) in [4.78, 5) is 4.16. The molecule has 1 fully saturated rings. The molecule has 1 aromatic heterocycles. The molecule has 0 unspecified atom stereocenters. The van der Waals surface area contributed by atoms with Gasteiger partial charge in [-0.3, -0.25) is 0 Å². The summed E-state index contributed by atoms with van der Waals surface area (Å²) in [6, 6.07) is 0. The Morgan fingerprint density at radius 2 is 2.31 bits per heavy atom. The van der Waals surface area contributed by atoms with E-state index in [1.54, 1.807) is 6.08 Å². The van der Waals surface area contributed by atoms with Gasteiger partial charge in [0.05, 0.1) is 5.54 Å². The molecule has 2 N–H and O–H groups in total. The molecule has 0 aliphatic heterocycles. The van der Waals surface area contributed by atoms with Crippen LogP contribution in [0.15, 0.2) is 17.2 Å². The molecule has 0 bridgehead atoms. The number of aromatic nitrogens is 2. The largest absolute Gasteiger partial charge is 0.337 e. The summed E-state index contributed by atoms with van der Waals surface area (Å²) in [7, 11) is 0. The lowest BCUT2D eigenvalue weighted by molar-refractivity contribution is 0.344. The first-order valence-corrected chi connectivity index (χ1v) is 3.97. The maximum Gasteiger partial charge on any atom is 0.246 e. The Hall–Kier alpha value is -0.870. The second kappa shape index (κ2) is 3.47. The lowest BCUT2D eigenvalue weighted by atomic mass is 10.3. The van der Waals surface area contributed by atoms with Gasteiger partial charge >= 0.3 is 0 Å². The first-order chi connectivity index (χ1) is 5.74. The number of hydrogen-bond donors (Lipinski definition) is 1. The number of hydrogen-bond acceptors (Lipinski definition) is 4. The van der Waals surface area contributed by atoms with E-state index >= 15 is 0 Å². The van der Waals surface area contributed by atoms with Crippen molar-refractivity contribution in [3.8, 4) is 0 Å². The van der Waals surface area contributed by atoms with Crippen molar-refractivity contribution in [2.45, 2.75) is 24.8 Å². The van der Waals surface area contributed by atoms with E-state index in [9.17, 15) is 0 Å². The first-order valence-electron chi connectivity index (χ1n) is 3.97. The summed E-state index contributed by atoms with van der Waals surface area (Å²) in [5, 5.41) is 3.78. The fourth-order valence-corrected chi connectivity index (χ4v) is 1.02. The molecule has 13 heavy (non-hydrogen) atoms. The fourth-order valence-electron chi connectivity index (χ4n) is 1.02. The smallest absolute Gasteiger partial charge is 0.246 e. The Morgan fingerprint density at radius 3 is 2.85 bits per heavy atom. The van der Waals surface area contributed by atoms with Gasteiger partial charge in [-0.15, -0.1) is 19.0 Å². The van der Waals surface area contributed by atoms with Gasteiger partial charge in [0.25, 0.3) is 0 Å². The molecule has 5 heteroatoms. The van der Waals surface area contributed by atoms with Crippen LogP contribution in [-0.4, -0.2) is 10.1 Å². The maximum atomic E-state index is 5.86. The minimum Gasteiger partial charge on any atom is -0.337 e. The Bertz CT molecular complexity index is 306. The molecule has 2 rings (SSSR count). The van der Waals surface area contributed by atoms with Crippen LogP contribution >= 0.6 is 12.4 Å². The average Bonchev–Trinajstić information content (AvgIpc) is 2.64. The highest BCUT2D eigenvalue weighted by atomic mass is 35.5. The topological polar surface area (TPSA) is 64.9 Å². The molecule has 0 saturated heterocycles. The second-order valence-electron chi connectivity index (χ2n) is 3.16. The van der Waals surface area contributed by atoms with Gasteiger partial charge in [0.15, 0.2) is 5.82 Å². The summed E-state index contributed by atoms with van der Waals surface area (Å²) in [5.74, 6) is 1.23. The molecule has 1 aliphatic rings. The maximum absolute atomic E-state index is 5.86. The Kier molecular flexibility index (Phi) is 2.73. The summed E-state index contributed by atoms with van der Waals surface area (Å²) >= 11 is 0. The molecule has 4 nitrogen and oxygen atoms in total. The number of nitrogens with two attached hydrogens (primary N) is 1. The highest BCUT2D eigenvalue weighted by molar-refractivity contribution is 5.85. The summed E-state index contributed by atoms with van der Waals surface area (Å²) in [6.45, 7) is 3.59. The van der Waals surface area contributed by atoms with E-state index in [2.05, 4.69) is 16.7 Å². The van der Waals surface area contributed by atoms with Gasteiger partial charge in [-0.05, 0) is 12.8 Å². The number of halogens is 1. The number of nitrogens with zero attached hydrogens (tertiary/aromatic N) is 2. The van der Waals surface area contributed by atoms with E-state index in [0.29, 0.717) is 18.1 Å². The van der Waals surface area contributed by atoms with Gasteiger partial charge in [-0.2, -0.15) is 4.98 Å². The van der Waals surface area contributed by atoms with Crippen molar-refractivity contribution >= 4 is 12.4 Å². The molecular formula is C8H12ClN3O. The predicted octanol–water partition coefficient (Wildman–Crippen LogP) is 1.17. The fraction of sp³-hybridized carbons (Fsp3) is 0.500. The molecule has 0 amide bonds. The van der Waals surface area contributed by atoms with Crippen LogP contribution in [-0.2, 0) is 12.0 Å². The predicted molar refractivity (Wildman–Crippen MR) is 50.5 cm³/mol. The van der Waals surface area contributed by atoms with Crippen molar-refractivity contribution in [2.75, 3.05) is 0 Å². The summed E-state index contributed by atoms with van der Waals surface area (Å²) in [5.41, 5.74) is 5.54. The van der Waals surface area contributed by atoms with Crippen molar-refractivity contribution in [1.82, 2.24) is 10.1 Å². The molecule has 1 heterocycles. The molecule has 1 saturated carbocycles. The first kappa shape index (κ1) is 10.2. The van der Waals surface area contributed by atoms with Crippen LogP contribution in [0.2, 0.25) is 0 Å². The molecule has 0 radical (unpaired) electrons. The van der Waals surface area contributed by atoms with Crippen molar-refractivity contribution < 1.29 is 4.52 Å². The quantitative estimate of drug-likeness (QED) is 0.746. The van der Waals surface area contributed by atoms with Gasteiger partial charge in [0.1, 0.15) is 0 Å². The van der Waals surface area contributed by atoms with Crippen LogP contribution in [0, 0.1) is 0 Å². The van der Waals surface area contributed by atoms with Gasteiger partial charge < -0.3 is 10.3 Å². The van der Waals surface area contributed by atoms with Crippen molar-refractivity contribution in [3.63, 3.8) is 0 Å². The van der Waals surface area contributed by atoms with Gasteiger partial charge in [-0.1, -0.05) is 11.2 Å². The average molecular weight is 202 g/mol. The van der Waals surface area contributed by atoms with Crippen LogP contribution in [0.4, 0.5) is 0 Å². The lowest BCUT2D eigenvalue weighted by Crippen LogP contribution is -2.19. The molecule has 0 spiro atoms. The van der Waals surface area contributed by atoms with Crippen LogP contribution in [0.5, 0.6) is 0 Å². The summed E-state index contributed by atoms with van der Waals surface area (Å²) in [6.07, 6.45) is 4.27. The summed E-state index contributed by atoms with van der Waals surface area (Å²) < 4.78 is 5.01. The third-order valence-corrected chi connectivity index (χ3v) is 2.01. The second-order valence-corrected chi connectivity index (χ2v) is 3.16. The Balaban J connectivity index is 0.000000845. The molecule has 0 aromatic carbocycles. The minimum atomic E-state index is -0.313. The highest BCUT2D eigenvalue weighted by Crippen LogP contribution is 2.41. The Morgan fingerprint density at radius 1 is 1.62 bits per heavy atom. The third-order valence-electron chi connectivity index (χ3n) is 2.01. The normalized spacial score (nSPS) is 17.6. The SMILES string of the molecule is C=CCc1noc(C2(N)CC2)n1.Cl. The van der Waals surface area contributed by atoms with Crippen molar-refractivity contribution in [3.05, 3.63) is 24.4 Å². The zero-order valence-electron chi connectivity index (χ0n) is 7.19. The van der Waals surface area contributed by atoms with Crippen LogP contribution < -0.4 is 5.73 Å². The molecular weight excluding hydrogens is 190 g/mol. The van der Waals surface area contributed by atoms with Gasteiger partial charge in [0, 0.05) is 6.42 Å². The van der Waals surface area contributed by atoms with E-state index < -0.39 is 0 Å². The zero-order valence-corrected chi connectivity index (χ0v) is 8.01. The Labute approximate surface area is 82.6 Å². The number of allylic oxidation sites excluding steroid dienone is 1. The van der Waals surface area contributed by atoms with Crippen molar-refractivity contribution in [2.24, 2.45) is 5.73 Å². The lowest BCUT2D eigenvalue weighted by Gasteiger charge is -1.97. The zero-order chi connectivity index (χ0) is 8.60. The van der Waals surface area contributed by atoms with E-state index in [-0.39, 0.29) is 17.9 Å². The van der Waals surface area contributed by atoms with Crippen LogP contribution in [0.3, 0.4) is 0 Å². The van der Waals surface area contributed by atoms with Gasteiger partial charge in [0.2, 0.25) is 5.89 Å². The van der Waals surface area contributed by atoms with Crippen LogP contribution in [0.25, 0.3) is 0 Å². The highest BCUT2D eigenvalue weighted by Gasteiger charge is 2.45. The number of rotatable bonds is 3. The monoisotopic (exact) mass is 201 g/mol. The van der Waals surface area contributed by atoms with Crippen LogP contribution in [0.1, 0.15) is 24.6 Å². The van der Waals surface area contributed by atoms with E-state index in [0.717, 1.165) is 12.8 Å². The van der Waals surface area contributed by atoms with Gasteiger partial charge in [-0.25, -0.2) is 0 Å². The van der Waals surface area contributed by atoms with E-state index in [4.69, 9.17) is 10.3 Å². The minimum absolute atomic E-state index is 0. The third kappa shape index (κ3) is 1.89.